The second kappa shape index (κ2) is 9.93. The van der Waals surface area contributed by atoms with Crippen LogP contribution in [0.2, 0.25) is 0 Å². The van der Waals surface area contributed by atoms with Crippen LogP contribution in [0, 0.1) is 0 Å². The van der Waals surface area contributed by atoms with Crippen molar-refractivity contribution in [2.45, 2.75) is 76.9 Å². The summed E-state index contributed by atoms with van der Waals surface area (Å²) in [4.78, 5) is 13.1. The van der Waals surface area contributed by atoms with Gasteiger partial charge in [0.2, 0.25) is 0 Å². The smallest absolute Gasteiger partial charge is 0.337 e. The number of aliphatic carboxylic acids is 1. The average Bonchev–Trinajstić information content (AvgIpc) is 2.98. The minimum Gasteiger partial charge on any atom is -0.479 e. The minimum absolute atomic E-state index is 0.210. The molecule has 1 atom stereocenters. The highest BCUT2D eigenvalue weighted by atomic mass is 16.4. The Bertz CT molecular complexity index is 528. The Morgan fingerprint density at radius 2 is 1.64 bits per heavy atom. The van der Waals surface area contributed by atoms with Crippen LogP contribution in [0.25, 0.3) is 0 Å². The third kappa shape index (κ3) is 6.44. The minimum atomic E-state index is -1.57. The SMILES string of the molecule is CCCCCCCCCc1ccc(CN2CC[C@](O)(C(=O)O)C2)cc1. The van der Waals surface area contributed by atoms with Crippen LogP contribution in [-0.4, -0.2) is 39.8 Å². The third-order valence-corrected chi connectivity index (χ3v) is 5.22. The van der Waals surface area contributed by atoms with Gasteiger partial charge in [0.25, 0.3) is 0 Å². The zero-order valence-electron chi connectivity index (χ0n) is 15.5. The molecule has 0 bridgehead atoms. The van der Waals surface area contributed by atoms with Crippen LogP contribution in [0.4, 0.5) is 0 Å². The van der Waals surface area contributed by atoms with Crippen molar-refractivity contribution < 1.29 is 15.0 Å². The number of aliphatic hydroxyl groups is 1. The van der Waals surface area contributed by atoms with Crippen LogP contribution in [-0.2, 0) is 17.8 Å². The maximum Gasteiger partial charge on any atom is 0.337 e. The standard InChI is InChI=1S/C21H33NO3/c1-2-3-4-5-6-7-8-9-18-10-12-19(13-11-18)16-22-15-14-21(25,17-22)20(23)24/h10-13,25H,2-9,14-17H2,1H3,(H,23,24)/t21-/m1/s1. The summed E-state index contributed by atoms with van der Waals surface area (Å²) in [7, 11) is 0. The number of likely N-dealkylation sites (tertiary alicyclic amines) is 1. The Kier molecular flexibility index (Phi) is 7.91. The first-order chi connectivity index (χ1) is 12.0. The molecule has 1 aromatic rings. The number of carboxylic acid groups (broad SMARTS) is 1. The molecule has 1 fully saturated rings. The number of hydrogen-bond acceptors (Lipinski definition) is 3. The van der Waals surface area contributed by atoms with Crippen LogP contribution in [0.1, 0.15) is 69.4 Å². The highest BCUT2D eigenvalue weighted by Crippen LogP contribution is 2.23. The quantitative estimate of drug-likeness (QED) is 0.594. The molecule has 25 heavy (non-hydrogen) atoms. The molecule has 1 aliphatic heterocycles. The molecular formula is C21H33NO3. The second-order valence-corrected chi connectivity index (χ2v) is 7.49. The Labute approximate surface area is 151 Å². The van der Waals surface area contributed by atoms with E-state index in [4.69, 9.17) is 5.11 Å². The van der Waals surface area contributed by atoms with Gasteiger partial charge < -0.3 is 10.2 Å². The Hall–Kier alpha value is -1.39. The molecule has 0 aromatic heterocycles. The van der Waals surface area contributed by atoms with E-state index in [2.05, 4.69) is 31.2 Å². The topological polar surface area (TPSA) is 60.8 Å². The van der Waals surface area contributed by atoms with Gasteiger partial charge in [-0.25, -0.2) is 4.79 Å². The van der Waals surface area contributed by atoms with Crippen molar-refractivity contribution in [1.82, 2.24) is 4.90 Å². The molecule has 0 aliphatic carbocycles. The molecule has 1 saturated heterocycles. The lowest BCUT2D eigenvalue weighted by molar-refractivity contribution is -0.157. The molecular weight excluding hydrogens is 314 g/mol. The van der Waals surface area contributed by atoms with Gasteiger partial charge in [0.1, 0.15) is 0 Å². The fraction of sp³-hybridized carbons (Fsp3) is 0.667. The van der Waals surface area contributed by atoms with E-state index in [-0.39, 0.29) is 6.54 Å². The van der Waals surface area contributed by atoms with Crippen LogP contribution in [0.3, 0.4) is 0 Å². The number of aryl methyl sites for hydroxylation is 1. The van der Waals surface area contributed by atoms with E-state index in [1.807, 2.05) is 4.90 Å². The van der Waals surface area contributed by atoms with Crippen LogP contribution in [0.15, 0.2) is 24.3 Å². The molecule has 2 N–H and O–H groups in total. The molecule has 0 amide bonds. The molecule has 2 rings (SSSR count). The van der Waals surface area contributed by atoms with E-state index in [0.717, 1.165) is 6.42 Å². The molecule has 140 valence electrons. The lowest BCUT2D eigenvalue weighted by atomic mass is 10.0. The predicted molar refractivity (Wildman–Crippen MR) is 101 cm³/mol. The first kappa shape index (κ1) is 19.9. The molecule has 1 heterocycles. The number of benzene rings is 1. The third-order valence-electron chi connectivity index (χ3n) is 5.22. The number of unbranched alkanes of at least 4 members (excludes halogenated alkanes) is 6. The lowest BCUT2D eigenvalue weighted by Gasteiger charge is -2.19. The van der Waals surface area contributed by atoms with Gasteiger partial charge in [-0.05, 0) is 24.0 Å². The fourth-order valence-corrected chi connectivity index (χ4v) is 3.54. The highest BCUT2D eigenvalue weighted by molar-refractivity contribution is 5.77. The lowest BCUT2D eigenvalue weighted by Crippen LogP contribution is -2.41. The number of β-amino-alcohol motifs (C(OH)–C–C–N with tert-alkyl or cyclic N) is 1. The zero-order chi connectivity index (χ0) is 18.1. The summed E-state index contributed by atoms with van der Waals surface area (Å²) in [5.74, 6) is -1.11. The van der Waals surface area contributed by atoms with Gasteiger partial charge in [-0.2, -0.15) is 0 Å². The van der Waals surface area contributed by atoms with Gasteiger partial charge in [0.05, 0.1) is 0 Å². The van der Waals surface area contributed by atoms with E-state index < -0.39 is 11.6 Å². The van der Waals surface area contributed by atoms with E-state index in [9.17, 15) is 9.90 Å². The first-order valence-electron chi connectivity index (χ1n) is 9.79. The van der Waals surface area contributed by atoms with Gasteiger partial charge in [0.15, 0.2) is 5.60 Å². The maximum atomic E-state index is 11.1. The number of rotatable bonds is 11. The van der Waals surface area contributed by atoms with Crippen molar-refractivity contribution in [1.29, 1.82) is 0 Å². The highest BCUT2D eigenvalue weighted by Gasteiger charge is 2.42. The average molecular weight is 347 g/mol. The molecule has 0 spiro atoms. The van der Waals surface area contributed by atoms with Gasteiger partial charge in [-0.15, -0.1) is 0 Å². The van der Waals surface area contributed by atoms with Crippen molar-refractivity contribution >= 4 is 5.97 Å². The van der Waals surface area contributed by atoms with E-state index >= 15 is 0 Å². The van der Waals surface area contributed by atoms with E-state index in [0.29, 0.717) is 19.5 Å². The Morgan fingerprint density at radius 3 is 2.24 bits per heavy atom. The van der Waals surface area contributed by atoms with Crippen molar-refractivity contribution in [2.75, 3.05) is 13.1 Å². The largest absolute Gasteiger partial charge is 0.479 e. The summed E-state index contributed by atoms with van der Waals surface area (Å²) in [5, 5.41) is 19.1. The summed E-state index contributed by atoms with van der Waals surface area (Å²) in [6, 6.07) is 8.64. The Morgan fingerprint density at radius 1 is 1.04 bits per heavy atom. The Balaban J connectivity index is 1.67. The van der Waals surface area contributed by atoms with Crippen LogP contribution < -0.4 is 0 Å². The summed E-state index contributed by atoms with van der Waals surface area (Å²) in [6.45, 7) is 3.79. The molecule has 1 aromatic carbocycles. The number of nitrogens with zero attached hydrogens (tertiary/aromatic N) is 1. The number of hydrogen-bond donors (Lipinski definition) is 2. The fourth-order valence-electron chi connectivity index (χ4n) is 3.54. The van der Waals surface area contributed by atoms with Crippen LogP contribution >= 0.6 is 0 Å². The molecule has 4 nitrogen and oxygen atoms in total. The normalized spacial score (nSPS) is 20.9. The van der Waals surface area contributed by atoms with Gasteiger partial charge in [-0.1, -0.05) is 69.7 Å². The summed E-state index contributed by atoms with van der Waals surface area (Å²) < 4.78 is 0. The van der Waals surface area contributed by atoms with Gasteiger partial charge in [-0.3, -0.25) is 4.90 Å². The molecule has 0 radical (unpaired) electrons. The van der Waals surface area contributed by atoms with Crippen molar-refractivity contribution in [3.8, 4) is 0 Å². The molecule has 0 saturated carbocycles. The number of carboxylic acids is 1. The predicted octanol–water partition coefficient (Wildman–Crippen LogP) is 4.00. The molecule has 1 aliphatic rings. The monoisotopic (exact) mass is 347 g/mol. The summed E-state index contributed by atoms with van der Waals surface area (Å²) in [5.41, 5.74) is 0.982. The van der Waals surface area contributed by atoms with E-state index in [1.165, 1.54) is 56.1 Å². The van der Waals surface area contributed by atoms with Crippen molar-refractivity contribution in [3.63, 3.8) is 0 Å². The van der Waals surface area contributed by atoms with Gasteiger partial charge in [0, 0.05) is 26.1 Å². The first-order valence-corrected chi connectivity index (χ1v) is 9.79. The molecule has 0 unspecified atom stereocenters. The summed E-state index contributed by atoms with van der Waals surface area (Å²) >= 11 is 0. The van der Waals surface area contributed by atoms with Crippen molar-refractivity contribution in [3.05, 3.63) is 35.4 Å². The van der Waals surface area contributed by atoms with E-state index in [1.54, 1.807) is 0 Å². The zero-order valence-corrected chi connectivity index (χ0v) is 15.5. The van der Waals surface area contributed by atoms with Crippen LogP contribution in [0.5, 0.6) is 0 Å². The van der Waals surface area contributed by atoms with Crippen molar-refractivity contribution in [2.24, 2.45) is 0 Å². The van der Waals surface area contributed by atoms with Gasteiger partial charge >= 0.3 is 5.97 Å². The molecule has 4 heteroatoms. The summed E-state index contributed by atoms with van der Waals surface area (Å²) in [6.07, 6.45) is 10.8. The second-order valence-electron chi connectivity index (χ2n) is 7.49. The maximum absolute atomic E-state index is 11.1. The number of carbonyl (C=O) groups is 1.